The minimum atomic E-state index is -0.626. The maximum atomic E-state index is 13.1. The molecule has 0 N–H and O–H groups in total. The molecule has 0 spiro atoms. The third-order valence-corrected chi connectivity index (χ3v) is 5.72. The summed E-state index contributed by atoms with van der Waals surface area (Å²) < 4.78 is 18.8. The van der Waals surface area contributed by atoms with E-state index in [1.807, 2.05) is 11.1 Å². The van der Waals surface area contributed by atoms with Gasteiger partial charge >= 0.3 is 0 Å². The number of amides is 1. The van der Waals surface area contributed by atoms with Crippen molar-refractivity contribution in [3.8, 4) is 5.75 Å². The van der Waals surface area contributed by atoms with Crippen LogP contribution in [0.4, 0.5) is 4.39 Å². The Morgan fingerprint density at radius 1 is 1.28 bits per heavy atom. The molecule has 1 amide bonds. The van der Waals surface area contributed by atoms with Crippen LogP contribution in [0.1, 0.15) is 42.8 Å². The number of nitrogens with zero attached hydrogens (tertiary/aromatic N) is 4. The number of likely N-dealkylation sites (tertiary alicyclic amines) is 1. The van der Waals surface area contributed by atoms with Crippen LogP contribution in [0.25, 0.3) is 0 Å². The number of rotatable bonds is 4. The Kier molecular flexibility index (Phi) is 5.76. The van der Waals surface area contributed by atoms with Crippen LogP contribution in [0.15, 0.2) is 30.5 Å². The molecule has 0 unspecified atom stereocenters. The van der Waals surface area contributed by atoms with Crippen LogP contribution in [0.5, 0.6) is 5.75 Å². The van der Waals surface area contributed by atoms with Crippen molar-refractivity contribution in [3.05, 3.63) is 53.4 Å². The molecule has 1 saturated heterocycles. The lowest BCUT2D eigenvalue weighted by Crippen LogP contribution is -2.45. The number of carbonyl (C=O) groups is 1. The van der Waals surface area contributed by atoms with Gasteiger partial charge in [0.1, 0.15) is 17.4 Å². The molecule has 154 valence electrons. The molecule has 6 nitrogen and oxygen atoms in total. The van der Waals surface area contributed by atoms with Crippen LogP contribution >= 0.6 is 0 Å². The van der Waals surface area contributed by atoms with E-state index in [1.54, 1.807) is 6.92 Å². The third-order valence-electron chi connectivity index (χ3n) is 5.72. The lowest BCUT2D eigenvalue weighted by Gasteiger charge is -2.34. The minimum absolute atomic E-state index is 0.0568. The van der Waals surface area contributed by atoms with Gasteiger partial charge in [-0.1, -0.05) is 0 Å². The summed E-state index contributed by atoms with van der Waals surface area (Å²) in [7, 11) is 2.11. The first kappa shape index (κ1) is 19.8. The summed E-state index contributed by atoms with van der Waals surface area (Å²) in [6.45, 7) is 4.96. The van der Waals surface area contributed by atoms with E-state index in [0.717, 1.165) is 43.9 Å². The predicted molar refractivity (Wildman–Crippen MR) is 107 cm³/mol. The second kappa shape index (κ2) is 8.45. The van der Waals surface area contributed by atoms with Crippen molar-refractivity contribution in [3.63, 3.8) is 0 Å². The monoisotopic (exact) mass is 398 g/mol. The van der Waals surface area contributed by atoms with Gasteiger partial charge in [0.15, 0.2) is 6.10 Å². The molecular formula is C22H27FN4O2. The summed E-state index contributed by atoms with van der Waals surface area (Å²) in [6.07, 6.45) is 4.17. The molecule has 2 aliphatic heterocycles. The van der Waals surface area contributed by atoms with E-state index in [1.165, 1.54) is 29.8 Å². The molecule has 0 bridgehead atoms. The molecule has 0 aliphatic carbocycles. The Hall–Kier alpha value is -2.54. The van der Waals surface area contributed by atoms with Gasteiger partial charge in [-0.3, -0.25) is 4.79 Å². The fraction of sp³-hybridized carbons (Fsp3) is 0.500. The predicted octanol–water partition coefficient (Wildman–Crippen LogP) is 2.78. The summed E-state index contributed by atoms with van der Waals surface area (Å²) in [5.41, 5.74) is 2.34. The van der Waals surface area contributed by atoms with Crippen molar-refractivity contribution >= 4 is 5.91 Å². The normalized spacial score (nSPS) is 20.8. The lowest BCUT2D eigenvalue weighted by molar-refractivity contribution is -0.139. The SMILES string of the molecule is C[C@H](Oc1ccc(F)cc1)C(=O)N1CCC[C@@H](c2ncc3c(n2)CCN(C)C3)C1. The van der Waals surface area contributed by atoms with Crippen molar-refractivity contribution in [1.29, 1.82) is 0 Å². The highest BCUT2D eigenvalue weighted by Gasteiger charge is 2.30. The van der Waals surface area contributed by atoms with Crippen LogP contribution in [0, 0.1) is 5.82 Å². The van der Waals surface area contributed by atoms with Crippen molar-refractivity contribution < 1.29 is 13.9 Å². The van der Waals surface area contributed by atoms with Crippen molar-refractivity contribution in [2.45, 2.75) is 44.8 Å². The number of fused-ring (bicyclic) bond motifs is 1. The van der Waals surface area contributed by atoms with Crippen LogP contribution in [-0.2, 0) is 17.8 Å². The quantitative estimate of drug-likeness (QED) is 0.793. The summed E-state index contributed by atoms with van der Waals surface area (Å²) >= 11 is 0. The molecule has 0 radical (unpaired) electrons. The highest BCUT2D eigenvalue weighted by molar-refractivity contribution is 5.81. The average Bonchev–Trinajstić information content (AvgIpc) is 2.74. The van der Waals surface area contributed by atoms with Gasteiger partial charge < -0.3 is 14.5 Å². The van der Waals surface area contributed by atoms with Gasteiger partial charge in [0.05, 0.1) is 0 Å². The molecule has 1 aromatic heterocycles. The minimum Gasteiger partial charge on any atom is -0.481 e. The highest BCUT2D eigenvalue weighted by Crippen LogP contribution is 2.27. The molecule has 4 rings (SSSR count). The van der Waals surface area contributed by atoms with Crippen LogP contribution in [-0.4, -0.2) is 58.5 Å². The summed E-state index contributed by atoms with van der Waals surface area (Å²) in [6, 6.07) is 5.73. The van der Waals surface area contributed by atoms with E-state index >= 15 is 0 Å². The lowest BCUT2D eigenvalue weighted by atomic mass is 9.96. The van der Waals surface area contributed by atoms with Gasteiger partial charge in [0, 0.05) is 56.0 Å². The van der Waals surface area contributed by atoms with Crippen LogP contribution in [0.2, 0.25) is 0 Å². The van der Waals surface area contributed by atoms with E-state index in [2.05, 4.69) is 16.9 Å². The standard InChI is InChI=1S/C22H27FN4O2/c1-15(29-19-7-5-18(23)6-8-19)22(28)27-10-3-4-16(14-27)21-24-12-17-13-26(2)11-9-20(17)25-21/h5-8,12,15-16H,3-4,9-11,13-14H2,1-2H3/t15-,16+/m0/s1. The maximum Gasteiger partial charge on any atom is 0.263 e. The van der Waals surface area contributed by atoms with Gasteiger partial charge in [-0.25, -0.2) is 14.4 Å². The zero-order chi connectivity index (χ0) is 20.4. The Morgan fingerprint density at radius 2 is 2.07 bits per heavy atom. The second-order valence-corrected chi connectivity index (χ2v) is 8.03. The average molecular weight is 398 g/mol. The van der Waals surface area contributed by atoms with E-state index < -0.39 is 6.10 Å². The molecule has 2 atom stereocenters. The zero-order valence-corrected chi connectivity index (χ0v) is 17.0. The van der Waals surface area contributed by atoms with E-state index in [4.69, 9.17) is 9.72 Å². The van der Waals surface area contributed by atoms with Gasteiger partial charge in [-0.15, -0.1) is 0 Å². The number of piperidine rings is 1. The van der Waals surface area contributed by atoms with Crippen LogP contribution in [0.3, 0.4) is 0 Å². The molecule has 2 aliphatic rings. The number of ether oxygens (including phenoxy) is 1. The van der Waals surface area contributed by atoms with E-state index in [9.17, 15) is 9.18 Å². The molecule has 7 heteroatoms. The summed E-state index contributed by atoms with van der Waals surface area (Å²) in [4.78, 5) is 26.5. The number of halogens is 1. The number of likely N-dealkylation sites (N-methyl/N-ethyl adjacent to an activating group) is 1. The topological polar surface area (TPSA) is 58.6 Å². The van der Waals surface area contributed by atoms with Crippen molar-refractivity contribution in [1.82, 2.24) is 19.8 Å². The summed E-state index contributed by atoms with van der Waals surface area (Å²) in [5.74, 6) is 1.10. The van der Waals surface area contributed by atoms with Crippen molar-refractivity contribution in [2.24, 2.45) is 0 Å². The first-order valence-corrected chi connectivity index (χ1v) is 10.2. The smallest absolute Gasteiger partial charge is 0.263 e. The molecule has 0 saturated carbocycles. The Bertz CT molecular complexity index is 874. The maximum absolute atomic E-state index is 13.1. The second-order valence-electron chi connectivity index (χ2n) is 8.03. The zero-order valence-electron chi connectivity index (χ0n) is 17.0. The molecule has 3 heterocycles. The molecular weight excluding hydrogens is 371 g/mol. The van der Waals surface area contributed by atoms with E-state index in [0.29, 0.717) is 18.8 Å². The number of carbonyl (C=O) groups excluding carboxylic acids is 1. The van der Waals surface area contributed by atoms with Crippen LogP contribution < -0.4 is 4.74 Å². The highest BCUT2D eigenvalue weighted by atomic mass is 19.1. The van der Waals surface area contributed by atoms with Gasteiger partial charge in [0.25, 0.3) is 5.91 Å². The van der Waals surface area contributed by atoms with Gasteiger partial charge in [-0.05, 0) is 51.1 Å². The Labute approximate surface area is 170 Å². The number of benzene rings is 1. The largest absolute Gasteiger partial charge is 0.481 e. The molecule has 29 heavy (non-hydrogen) atoms. The first-order valence-electron chi connectivity index (χ1n) is 10.2. The molecule has 1 aromatic carbocycles. The van der Waals surface area contributed by atoms with Crippen molar-refractivity contribution in [2.75, 3.05) is 26.7 Å². The Balaban J connectivity index is 1.41. The number of hydrogen-bond donors (Lipinski definition) is 0. The first-order chi connectivity index (χ1) is 14.0. The van der Waals surface area contributed by atoms with Gasteiger partial charge in [-0.2, -0.15) is 0 Å². The fourth-order valence-electron chi connectivity index (χ4n) is 4.08. The molecule has 1 fully saturated rings. The van der Waals surface area contributed by atoms with E-state index in [-0.39, 0.29) is 17.6 Å². The Morgan fingerprint density at radius 3 is 2.86 bits per heavy atom. The molecule has 2 aromatic rings. The fourth-order valence-corrected chi connectivity index (χ4v) is 4.08. The number of hydrogen-bond acceptors (Lipinski definition) is 5. The third kappa shape index (κ3) is 4.56. The number of aromatic nitrogens is 2. The summed E-state index contributed by atoms with van der Waals surface area (Å²) in [5, 5.41) is 0. The van der Waals surface area contributed by atoms with Gasteiger partial charge in [0.2, 0.25) is 0 Å².